The molecule has 3 saturated carbocycles. The maximum atomic E-state index is 10.3. The third kappa shape index (κ3) is 1.01. The molecule has 0 aliphatic heterocycles. The molecule has 0 aromatic rings. The molecular formula is C15H22O. The van der Waals surface area contributed by atoms with Gasteiger partial charge >= 0.3 is 0 Å². The molecule has 16 heavy (non-hydrogen) atoms. The molecular weight excluding hydrogens is 196 g/mol. The van der Waals surface area contributed by atoms with Crippen LogP contribution in [0.5, 0.6) is 0 Å². The fraction of sp³-hybridized carbons (Fsp3) is 0.867. The van der Waals surface area contributed by atoms with Gasteiger partial charge in [-0.05, 0) is 81.1 Å². The molecule has 4 bridgehead atoms. The van der Waals surface area contributed by atoms with Crippen LogP contribution >= 0.6 is 0 Å². The van der Waals surface area contributed by atoms with Crippen LogP contribution < -0.4 is 0 Å². The summed E-state index contributed by atoms with van der Waals surface area (Å²) in [5.74, 6) is 4.89. The summed E-state index contributed by atoms with van der Waals surface area (Å²) in [6.45, 7) is 3.97. The van der Waals surface area contributed by atoms with E-state index >= 15 is 0 Å². The molecule has 5 atom stereocenters. The zero-order chi connectivity index (χ0) is 11.1. The Hall–Kier alpha value is -0.300. The summed E-state index contributed by atoms with van der Waals surface area (Å²) >= 11 is 0. The molecule has 0 saturated heterocycles. The van der Waals surface area contributed by atoms with Crippen molar-refractivity contribution in [3.8, 4) is 0 Å². The highest BCUT2D eigenvalue weighted by Crippen LogP contribution is 2.67. The number of rotatable bonds is 1. The molecule has 4 rings (SSSR count). The van der Waals surface area contributed by atoms with E-state index in [1.807, 2.05) is 13.8 Å². The standard InChI is InChI=1S/C15H22O/c1-15(2,16)12-7-10-6-11(12)14-9-4-3-8(5-9)13(10)14/h8-10,13-14,16H,3-7H2,1-2H3. The molecule has 88 valence electrons. The molecule has 0 heterocycles. The maximum absolute atomic E-state index is 10.3. The van der Waals surface area contributed by atoms with Crippen molar-refractivity contribution in [2.75, 3.05) is 0 Å². The Balaban J connectivity index is 1.78. The predicted molar refractivity (Wildman–Crippen MR) is 63.9 cm³/mol. The quantitative estimate of drug-likeness (QED) is 0.529. The van der Waals surface area contributed by atoms with E-state index in [0.717, 1.165) is 29.6 Å². The first-order chi connectivity index (χ1) is 7.55. The fourth-order valence-electron chi connectivity index (χ4n) is 5.65. The van der Waals surface area contributed by atoms with Gasteiger partial charge in [0.2, 0.25) is 0 Å². The SMILES string of the molecule is CC(C)(O)C1=C2CC(C1)C1C3CCC(C3)C21. The Kier molecular flexibility index (Phi) is 1.66. The van der Waals surface area contributed by atoms with Gasteiger partial charge in [-0.25, -0.2) is 0 Å². The monoisotopic (exact) mass is 218 g/mol. The van der Waals surface area contributed by atoms with Gasteiger partial charge in [0.25, 0.3) is 0 Å². The summed E-state index contributed by atoms with van der Waals surface area (Å²) in [6, 6.07) is 0. The molecule has 1 N–H and O–H groups in total. The summed E-state index contributed by atoms with van der Waals surface area (Å²) in [5, 5.41) is 10.3. The highest BCUT2D eigenvalue weighted by molar-refractivity contribution is 5.38. The molecule has 5 unspecified atom stereocenters. The van der Waals surface area contributed by atoms with Crippen LogP contribution in [-0.4, -0.2) is 10.7 Å². The summed E-state index contributed by atoms with van der Waals surface area (Å²) in [7, 11) is 0. The average Bonchev–Trinajstić information content (AvgIpc) is 2.94. The highest BCUT2D eigenvalue weighted by Gasteiger charge is 2.59. The molecule has 4 aliphatic rings. The van der Waals surface area contributed by atoms with Crippen molar-refractivity contribution >= 4 is 0 Å². The second-order valence-corrected chi connectivity index (χ2v) is 7.17. The zero-order valence-corrected chi connectivity index (χ0v) is 10.4. The lowest BCUT2D eigenvalue weighted by molar-refractivity contribution is 0.103. The van der Waals surface area contributed by atoms with Gasteiger partial charge in [0.15, 0.2) is 0 Å². The van der Waals surface area contributed by atoms with Crippen LogP contribution in [0, 0.1) is 29.6 Å². The van der Waals surface area contributed by atoms with Crippen molar-refractivity contribution in [1.29, 1.82) is 0 Å². The van der Waals surface area contributed by atoms with Gasteiger partial charge in [0, 0.05) is 0 Å². The van der Waals surface area contributed by atoms with Crippen LogP contribution in [0.2, 0.25) is 0 Å². The third-order valence-electron chi connectivity index (χ3n) is 6.00. The van der Waals surface area contributed by atoms with Crippen LogP contribution in [0.15, 0.2) is 11.1 Å². The summed E-state index contributed by atoms with van der Waals surface area (Å²) in [5.41, 5.74) is 2.58. The molecule has 0 amide bonds. The van der Waals surface area contributed by atoms with Gasteiger partial charge in [-0.2, -0.15) is 0 Å². The van der Waals surface area contributed by atoms with E-state index < -0.39 is 5.60 Å². The maximum Gasteiger partial charge on any atom is 0.0803 e. The molecule has 0 radical (unpaired) electrons. The van der Waals surface area contributed by atoms with Crippen molar-refractivity contribution in [3.63, 3.8) is 0 Å². The first-order valence-corrected chi connectivity index (χ1v) is 7.00. The average molecular weight is 218 g/mol. The van der Waals surface area contributed by atoms with Gasteiger partial charge < -0.3 is 5.11 Å². The number of fused-ring (bicyclic) bond motifs is 9. The van der Waals surface area contributed by atoms with E-state index in [-0.39, 0.29) is 0 Å². The van der Waals surface area contributed by atoms with Gasteiger partial charge in [-0.1, -0.05) is 5.57 Å². The Morgan fingerprint density at radius 3 is 2.56 bits per heavy atom. The van der Waals surface area contributed by atoms with E-state index in [2.05, 4.69) is 0 Å². The normalized spacial score (nSPS) is 49.3. The predicted octanol–water partition coefficient (Wildman–Crippen LogP) is 3.14. The number of allylic oxidation sites excluding steroid dienone is 1. The number of aliphatic hydroxyl groups is 1. The minimum atomic E-state index is -0.545. The first kappa shape index (κ1) is 9.70. The molecule has 4 aliphatic carbocycles. The van der Waals surface area contributed by atoms with Crippen LogP contribution in [0.4, 0.5) is 0 Å². The van der Waals surface area contributed by atoms with E-state index in [4.69, 9.17) is 0 Å². The zero-order valence-electron chi connectivity index (χ0n) is 10.4. The molecule has 1 heteroatoms. The van der Waals surface area contributed by atoms with Crippen LogP contribution in [0.3, 0.4) is 0 Å². The molecule has 3 fully saturated rings. The Morgan fingerprint density at radius 2 is 1.81 bits per heavy atom. The second-order valence-electron chi connectivity index (χ2n) is 7.17. The number of hydrogen-bond donors (Lipinski definition) is 1. The smallest absolute Gasteiger partial charge is 0.0803 e. The Morgan fingerprint density at radius 1 is 1.06 bits per heavy atom. The van der Waals surface area contributed by atoms with Crippen molar-refractivity contribution in [3.05, 3.63) is 11.1 Å². The lowest BCUT2D eigenvalue weighted by atomic mass is 9.70. The van der Waals surface area contributed by atoms with Crippen LogP contribution in [-0.2, 0) is 0 Å². The van der Waals surface area contributed by atoms with Gasteiger partial charge in [0.1, 0.15) is 0 Å². The van der Waals surface area contributed by atoms with Crippen LogP contribution in [0.25, 0.3) is 0 Å². The van der Waals surface area contributed by atoms with Crippen molar-refractivity contribution < 1.29 is 5.11 Å². The second kappa shape index (κ2) is 2.75. The molecule has 0 aromatic carbocycles. The molecule has 0 spiro atoms. The fourth-order valence-corrected chi connectivity index (χ4v) is 5.65. The molecule has 0 aromatic heterocycles. The first-order valence-electron chi connectivity index (χ1n) is 7.00. The van der Waals surface area contributed by atoms with Crippen LogP contribution in [0.1, 0.15) is 46.0 Å². The lowest BCUT2D eigenvalue weighted by Gasteiger charge is -2.36. The van der Waals surface area contributed by atoms with Crippen molar-refractivity contribution in [2.45, 2.75) is 51.6 Å². The summed E-state index contributed by atoms with van der Waals surface area (Å²) < 4.78 is 0. The largest absolute Gasteiger partial charge is 0.386 e. The van der Waals surface area contributed by atoms with E-state index in [9.17, 15) is 5.11 Å². The van der Waals surface area contributed by atoms with Crippen molar-refractivity contribution in [2.24, 2.45) is 29.6 Å². The van der Waals surface area contributed by atoms with E-state index in [1.54, 1.807) is 5.57 Å². The van der Waals surface area contributed by atoms with Gasteiger partial charge in [-0.15, -0.1) is 0 Å². The Labute approximate surface area is 97.9 Å². The number of hydrogen-bond acceptors (Lipinski definition) is 1. The van der Waals surface area contributed by atoms with Gasteiger partial charge in [0.05, 0.1) is 5.60 Å². The van der Waals surface area contributed by atoms with E-state index in [1.165, 1.54) is 37.7 Å². The van der Waals surface area contributed by atoms with E-state index in [0.29, 0.717) is 0 Å². The topological polar surface area (TPSA) is 20.2 Å². The minimum Gasteiger partial charge on any atom is -0.386 e. The summed E-state index contributed by atoms with van der Waals surface area (Å²) in [6.07, 6.45) is 7.04. The third-order valence-corrected chi connectivity index (χ3v) is 6.00. The summed E-state index contributed by atoms with van der Waals surface area (Å²) in [4.78, 5) is 0. The lowest BCUT2D eigenvalue weighted by Crippen LogP contribution is -2.31. The minimum absolute atomic E-state index is 0.545. The molecule has 1 nitrogen and oxygen atoms in total. The Bertz CT molecular complexity index is 373. The van der Waals surface area contributed by atoms with Crippen molar-refractivity contribution in [1.82, 2.24) is 0 Å². The van der Waals surface area contributed by atoms with Gasteiger partial charge in [-0.3, -0.25) is 0 Å². The highest BCUT2D eigenvalue weighted by atomic mass is 16.3.